The minimum Gasteiger partial charge on any atom is -0.326 e. The van der Waals surface area contributed by atoms with E-state index in [-0.39, 0.29) is 11.8 Å². The van der Waals surface area contributed by atoms with Crippen LogP contribution in [-0.4, -0.2) is 11.8 Å². The molecule has 26 heavy (non-hydrogen) atoms. The molecule has 4 heteroatoms. The summed E-state index contributed by atoms with van der Waals surface area (Å²) in [5.74, 6) is -0.00554. The summed E-state index contributed by atoms with van der Waals surface area (Å²) in [6, 6.07) is 3.90. The zero-order valence-electron chi connectivity index (χ0n) is 16.6. The summed E-state index contributed by atoms with van der Waals surface area (Å²) in [6.07, 6.45) is 6.00. The van der Waals surface area contributed by atoms with E-state index in [0.29, 0.717) is 12.8 Å². The van der Waals surface area contributed by atoms with Gasteiger partial charge in [-0.25, -0.2) is 0 Å². The summed E-state index contributed by atoms with van der Waals surface area (Å²) in [5, 5.41) is 6.00. The normalized spacial score (nSPS) is 14.1. The fraction of sp³-hybridized carbons (Fsp3) is 0.455. The Morgan fingerprint density at radius 1 is 1.23 bits per heavy atom. The number of hydrogen-bond donors (Lipinski definition) is 2. The van der Waals surface area contributed by atoms with Crippen LogP contribution in [0.2, 0.25) is 0 Å². The third kappa shape index (κ3) is 4.84. The van der Waals surface area contributed by atoms with Crippen molar-refractivity contribution in [1.29, 1.82) is 0 Å². The van der Waals surface area contributed by atoms with Gasteiger partial charge in [0.05, 0.1) is 0 Å². The highest BCUT2D eigenvalue weighted by atomic mass is 16.2. The van der Waals surface area contributed by atoms with E-state index in [0.717, 1.165) is 52.9 Å². The lowest BCUT2D eigenvalue weighted by Gasteiger charge is -2.21. The smallest absolute Gasteiger partial charge is 0.255 e. The van der Waals surface area contributed by atoms with E-state index in [9.17, 15) is 9.59 Å². The van der Waals surface area contributed by atoms with Crippen LogP contribution in [0.25, 0.3) is 0 Å². The molecule has 0 spiro atoms. The Hall–Kier alpha value is -2.36. The van der Waals surface area contributed by atoms with Gasteiger partial charge in [0, 0.05) is 23.4 Å². The summed E-state index contributed by atoms with van der Waals surface area (Å²) in [5.41, 5.74) is 6.81. The molecule has 1 heterocycles. The third-order valence-corrected chi connectivity index (χ3v) is 4.60. The highest BCUT2D eigenvalue weighted by Crippen LogP contribution is 2.30. The topological polar surface area (TPSA) is 58.2 Å². The van der Waals surface area contributed by atoms with Crippen molar-refractivity contribution in [3.8, 4) is 0 Å². The van der Waals surface area contributed by atoms with Gasteiger partial charge in [-0.05, 0) is 63.3 Å². The fourth-order valence-electron chi connectivity index (χ4n) is 3.38. The molecule has 2 rings (SSSR count). The number of fused-ring (bicyclic) bond motifs is 1. The van der Waals surface area contributed by atoms with E-state index in [1.54, 1.807) is 0 Å². The number of carbonyl (C=O) groups excluding carboxylic acids is 2. The molecule has 1 aromatic carbocycles. The summed E-state index contributed by atoms with van der Waals surface area (Å²) < 4.78 is 0. The molecule has 1 aromatic rings. The van der Waals surface area contributed by atoms with Gasteiger partial charge in [0.2, 0.25) is 5.91 Å². The molecule has 0 atom stereocenters. The highest BCUT2D eigenvalue weighted by Gasteiger charge is 2.19. The number of benzene rings is 1. The van der Waals surface area contributed by atoms with Crippen molar-refractivity contribution >= 4 is 23.2 Å². The Labute approximate surface area is 156 Å². The SMILES string of the molecule is CCC/C(CC)=C(\C=C(C)C)C(=O)Nc1cc(C)c2c(c1)CCC(=O)N2. The van der Waals surface area contributed by atoms with E-state index in [4.69, 9.17) is 0 Å². The van der Waals surface area contributed by atoms with Crippen molar-refractivity contribution in [1.82, 2.24) is 0 Å². The van der Waals surface area contributed by atoms with Gasteiger partial charge in [0.25, 0.3) is 5.91 Å². The predicted molar refractivity (Wildman–Crippen MR) is 108 cm³/mol. The van der Waals surface area contributed by atoms with Crippen LogP contribution in [0.15, 0.2) is 34.9 Å². The average molecular weight is 354 g/mol. The van der Waals surface area contributed by atoms with Gasteiger partial charge in [-0.15, -0.1) is 0 Å². The van der Waals surface area contributed by atoms with Crippen molar-refractivity contribution in [3.63, 3.8) is 0 Å². The van der Waals surface area contributed by atoms with Crippen LogP contribution in [-0.2, 0) is 16.0 Å². The Bertz CT molecular complexity index is 769. The second kappa shape index (κ2) is 8.84. The lowest BCUT2D eigenvalue weighted by Crippen LogP contribution is -2.21. The summed E-state index contributed by atoms with van der Waals surface area (Å²) in [4.78, 5) is 24.6. The number of nitrogens with one attached hydrogen (secondary N) is 2. The molecule has 0 bridgehead atoms. The zero-order valence-corrected chi connectivity index (χ0v) is 16.6. The average Bonchev–Trinajstić information content (AvgIpc) is 2.58. The summed E-state index contributed by atoms with van der Waals surface area (Å²) in [7, 11) is 0. The second-order valence-corrected chi connectivity index (χ2v) is 7.17. The fourth-order valence-corrected chi connectivity index (χ4v) is 3.38. The van der Waals surface area contributed by atoms with Crippen LogP contribution in [0, 0.1) is 6.92 Å². The Morgan fingerprint density at radius 3 is 2.58 bits per heavy atom. The molecule has 1 aliphatic heterocycles. The molecular formula is C22H30N2O2. The first kappa shape index (κ1) is 20.0. The predicted octanol–water partition coefficient (Wildman–Crippen LogP) is 5.29. The number of carbonyl (C=O) groups is 2. The first-order valence-electron chi connectivity index (χ1n) is 9.47. The molecule has 1 aliphatic rings. The van der Waals surface area contributed by atoms with Crippen LogP contribution >= 0.6 is 0 Å². The van der Waals surface area contributed by atoms with E-state index in [2.05, 4.69) is 24.5 Å². The number of hydrogen-bond acceptors (Lipinski definition) is 2. The number of anilines is 2. The summed E-state index contributed by atoms with van der Waals surface area (Å²) >= 11 is 0. The number of rotatable bonds is 6. The van der Waals surface area contributed by atoms with Crippen molar-refractivity contribution in [3.05, 3.63) is 46.1 Å². The van der Waals surface area contributed by atoms with E-state index < -0.39 is 0 Å². The molecule has 4 nitrogen and oxygen atoms in total. The summed E-state index contributed by atoms with van der Waals surface area (Å²) in [6.45, 7) is 10.2. The molecule has 2 N–H and O–H groups in total. The minimum atomic E-state index is -0.0595. The van der Waals surface area contributed by atoms with Gasteiger partial charge in [-0.1, -0.05) is 37.5 Å². The first-order valence-corrected chi connectivity index (χ1v) is 9.47. The van der Waals surface area contributed by atoms with E-state index in [1.807, 2.05) is 39.0 Å². The number of amides is 2. The van der Waals surface area contributed by atoms with Gasteiger partial charge >= 0.3 is 0 Å². The lowest BCUT2D eigenvalue weighted by molar-refractivity contribution is -0.116. The third-order valence-electron chi connectivity index (χ3n) is 4.60. The van der Waals surface area contributed by atoms with Crippen molar-refractivity contribution in [2.24, 2.45) is 0 Å². The Morgan fingerprint density at radius 2 is 1.96 bits per heavy atom. The van der Waals surface area contributed by atoms with Crippen molar-refractivity contribution in [2.45, 2.75) is 66.7 Å². The minimum absolute atomic E-state index is 0.0540. The van der Waals surface area contributed by atoms with Crippen molar-refractivity contribution < 1.29 is 9.59 Å². The molecule has 0 aromatic heterocycles. The molecule has 0 saturated heterocycles. The highest BCUT2D eigenvalue weighted by molar-refractivity contribution is 6.07. The van der Waals surface area contributed by atoms with Crippen LogP contribution in [0.3, 0.4) is 0 Å². The number of allylic oxidation sites excluding steroid dienone is 2. The quantitative estimate of drug-likeness (QED) is 0.538. The Kier molecular flexibility index (Phi) is 6.78. The molecule has 0 aliphatic carbocycles. The monoisotopic (exact) mass is 354 g/mol. The van der Waals surface area contributed by atoms with Gasteiger partial charge in [0.1, 0.15) is 0 Å². The van der Waals surface area contributed by atoms with E-state index in [1.165, 1.54) is 5.57 Å². The molecule has 0 unspecified atom stereocenters. The maximum absolute atomic E-state index is 13.0. The standard InChI is InChI=1S/C22H30N2O2/c1-6-8-16(7-2)19(11-14(3)4)22(26)23-18-12-15(5)21-17(13-18)9-10-20(25)24-21/h11-13H,6-10H2,1-5H3,(H,23,26)(H,24,25)/b19-16+. The zero-order chi connectivity index (χ0) is 19.3. The molecule has 0 fully saturated rings. The van der Waals surface area contributed by atoms with Crippen LogP contribution in [0.4, 0.5) is 11.4 Å². The van der Waals surface area contributed by atoms with Gasteiger partial charge < -0.3 is 10.6 Å². The Balaban J connectivity index is 2.34. The lowest BCUT2D eigenvalue weighted by atomic mass is 9.97. The van der Waals surface area contributed by atoms with Gasteiger partial charge in [0.15, 0.2) is 0 Å². The largest absolute Gasteiger partial charge is 0.326 e. The molecule has 2 amide bonds. The van der Waals surface area contributed by atoms with E-state index >= 15 is 0 Å². The van der Waals surface area contributed by atoms with Gasteiger partial charge in [-0.3, -0.25) is 9.59 Å². The molecular weight excluding hydrogens is 324 g/mol. The second-order valence-electron chi connectivity index (χ2n) is 7.17. The van der Waals surface area contributed by atoms with Crippen LogP contribution in [0.5, 0.6) is 0 Å². The molecule has 140 valence electrons. The molecule has 0 saturated carbocycles. The van der Waals surface area contributed by atoms with Crippen LogP contribution in [0.1, 0.15) is 64.5 Å². The maximum atomic E-state index is 13.0. The van der Waals surface area contributed by atoms with Crippen LogP contribution < -0.4 is 10.6 Å². The first-order chi connectivity index (χ1) is 12.3. The van der Waals surface area contributed by atoms with Crippen molar-refractivity contribution in [2.75, 3.05) is 10.6 Å². The number of aryl methyl sites for hydroxylation is 2. The molecule has 0 radical (unpaired) electrons. The maximum Gasteiger partial charge on any atom is 0.255 e. The van der Waals surface area contributed by atoms with Gasteiger partial charge in [-0.2, -0.15) is 0 Å².